The van der Waals surface area contributed by atoms with Gasteiger partial charge in [0.25, 0.3) is 5.56 Å². The van der Waals surface area contributed by atoms with Crippen LogP contribution < -0.4 is 11.3 Å². The van der Waals surface area contributed by atoms with E-state index in [9.17, 15) is 4.79 Å². The van der Waals surface area contributed by atoms with Crippen LogP contribution in [0.4, 0.5) is 5.95 Å². The number of aromatic amines is 1. The molecule has 126 valence electrons. The molecule has 0 aromatic carbocycles. The van der Waals surface area contributed by atoms with E-state index in [-0.39, 0.29) is 23.7 Å². The van der Waals surface area contributed by atoms with E-state index in [4.69, 9.17) is 24.7 Å². The summed E-state index contributed by atoms with van der Waals surface area (Å²) >= 11 is 0. The van der Waals surface area contributed by atoms with E-state index < -0.39 is 17.9 Å². The number of rotatable bonds is 5. The van der Waals surface area contributed by atoms with Gasteiger partial charge in [0.05, 0.1) is 12.9 Å². The summed E-state index contributed by atoms with van der Waals surface area (Å²) in [7, 11) is 4.73. The summed E-state index contributed by atoms with van der Waals surface area (Å²) in [5.74, 6) is 0.00736. The Morgan fingerprint density at radius 2 is 2.09 bits per heavy atom. The average molecular weight is 325 g/mol. The maximum Gasteiger partial charge on any atom is 0.280 e. The van der Waals surface area contributed by atoms with Crippen molar-refractivity contribution in [3.8, 4) is 0 Å². The molecule has 0 amide bonds. The van der Waals surface area contributed by atoms with Gasteiger partial charge in [-0.25, -0.2) is 4.98 Å². The predicted octanol–water partition coefficient (Wildman–Crippen LogP) is -0.724. The monoisotopic (exact) mass is 325 g/mol. The lowest BCUT2D eigenvalue weighted by molar-refractivity contribution is -0.0636. The second-order valence-electron chi connectivity index (χ2n) is 5.20. The smallest absolute Gasteiger partial charge is 0.280 e. The zero-order valence-corrected chi connectivity index (χ0v) is 13.1. The van der Waals surface area contributed by atoms with Gasteiger partial charge in [-0.2, -0.15) is 4.98 Å². The molecule has 23 heavy (non-hydrogen) atoms. The van der Waals surface area contributed by atoms with Crippen LogP contribution in [0.2, 0.25) is 0 Å². The third-order valence-corrected chi connectivity index (χ3v) is 3.89. The Balaban J connectivity index is 2.05. The lowest BCUT2D eigenvalue weighted by atomic mass is 10.1. The third kappa shape index (κ3) is 2.59. The molecule has 0 saturated carbocycles. The van der Waals surface area contributed by atoms with E-state index in [0.717, 1.165) is 0 Å². The number of nitrogens with zero attached hydrogens (tertiary/aromatic N) is 3. The predicted molar refractivity (Wildman–Crippen MR) is 79.9 cm³/mol. The number of hydrogen-bond donors (Lipinski definition) is 2. The highest BCUT2D eigenvalue weighted by molar-refractivity contribution is 5.70. The van der Waals surface area contributed by atoms with Gasteiger partial charge in [0.2, 0.25) is 5.95 Å². The minimum atomic E-state index is -0.566. The molecule has 0 unspecified atom stereocenters. The molecule has 0 spiro atoms. The summed E-state index contributed by atoms with van der Waals surface area (Å²) in [5, 5.41) is 0. The summed E-state index contributed by atoms with van der Waals surface area (Å²) in [5.41, 5.74) is 5.72. The molecule has 10 heteroatoms. The first kappa shape index (κ1) is 15.9. The van der Waals surface area contributed by atoms with Gasteiger partial charge in [0, 0.05) is 21.3 Å². The fourth-order valence-corrected chi connectivity index (χ4v) is 2.90. The molecule has 4 atom stereocenters. The number of nitrogens with one attached hydrogen (secondary N) is 1. The number of H-pyrrole nitrogens is 1. The van der Waals surface area contributed by atoms with Gasteiger partial charge < -0.3 is 24.7 Å². The summed E-state index contributed by atoms with van der Waals surface area (Å²) < 4.78 is 23.8. The Labute approximate surface area is 131 Å². The van der Waals surface area contributed by atoms with Crippen LogP contribution >= 0.6 is 0 Å². The van der Waals surface area contributed by atoms with Crippen LogP contribution in [-0.2, 0) is 18.9 Å². The number of methoxy groups -OCH3 is 3. The van der Waals surface area contributed by atoms with Crippen molar-refractivity contribution in [2.75, 3.05) is 33.7 Å². The van der Waals surface area contributed by atoms with Crippen molar-refractivity contribution >= 4 is 17.1 Å². The molecule has 1 saturated heterocycles. The van der Waals surface area contributed by atoms with Gasteiger partial charge in [-0.15, -0.1) is 0 Å². The second kappa shape index (κ2) is 6.24. The Kier molecular flexibility index (Phi) is 4.31. The van der Waals surface area contributed by atoms with Crippen molar-refractivity contribution in [2.24, 2.45) is 0 Å². The van der Waals surface area contributed by atoms with E-state index >= 15 is 0 Å². The van der Waals surface area contributed by atoms with E-state index in [0.29, 0.717) is 12.3 Å². The van der Waals surface area contributed by atoms with E-state index in [2.05, 4.69) is 15.0 Å². The van der Waals surface area contributed by atoms with Gasteiger partial charge in [-0.3, -0.25) is 14.3 Å². The van der Waals surface area contributed by atoms with Crippen LogP contribution in [0.5, 0.6) is 0 Å². The number of hydrogen-bond acceptors (Lipinski definition) is 8. The first-order valence-corrected chi connectivity index (χ1v) is 7.03. The highest BCUT2D eigenvalue weighted by Crippen LogP contribution is 2.34. The van der Waals surface area contributed by atoms with Crippen LogP contribution in [0, 0.1) is 0 Å². The zero-order valence-electron chi connectivity index (χ0n) is 13.1. The lowest BCUT2D eigenvalue weighted by Gasteiger charge is -2.21. The second-order valence-corrected chi connectivity index (χ2v) is 5.20. The summed E-state index contributed by atoms with van der Waals surface area (Å²) in [6.07, 6.45) is -0.160. The molecule has 1 fully saturated rings. The molecule has 10 nitrogen and oxygen atoms in total. The average Bonchev–Trinajstić information content (AvgIpc) is 3.08. The molecule has 3 rings (SSSR count). The minimum absolute atomic E-state index is 0.00736. The molecular weight excluding hydrogens is 306 g/mol. The Hall–Kier alpha value is -2.01. The molecular formula is C13H19N5O5. The molecule has 1 aliphatic heterocycles. The Bertz CT molecular complexity index is 744. The molecule has 3 N–H and O–H groups in total. The molecule has 2 aromatic heterocycles. The van der Waals surface area contributed by atoms with Gasteiger partial charge in [0.1, 0.15) is 18.3 Å². The largest absolute Gasteiger partial charge is 0.382 e. The van der Waals surface area contributed by atoms with Crippen LogP contribution in [0.25, 0.3) is 11.2 Å². The Morgan fingerprint density at radius 1 is 1.35 bits per heavy atom. The standard InChI is InChI=1S/C13H19N5O5/c1-20-4-6-8(21-2)9(22-3)12(23-6)18-5-15-7-10(18)16-13(14)17-11(7)19/h5-6,8-9,12H,4H2,1-3H3,(H3,14,16,17,19)/t6-,8-,9-,12-/m1/s1. The van der Waals surface area contributed by atoms with Crippen molar-refractivity contribution < 1.29 is 18.9 Å². The first-order chi connectivity index (χ1) is 11.1. The number of anilines is 1. The van der Waals surface area contributed by atoms with Crippen LogP contribution in [0.1, 0.15) is 6.23 Å². The van der Waals surface area contributed by atoms with Gasteiger partial charge in [-0.05, 0) is 0 Å². The number of nitrogens with two attached hydrogens (primary N) is 1. The van der Waals surface area contributed by atoms with Crippen molar-refractivity contribution in [1.29, 1.82) is 0 Å². The molecule has 2 aromatic rings. The Morgan fingerprint density at radius 3 is 2.74 bits per heavy atom. The van der Waals surface area contributed by atoms with Crippen LogP contribution in [0.15, 0.2) is 11.1 Å². The maximum absolute atomic E-state index is 11.9. The molecule has 1 aliphatic rings. The minimum Gasteiger partial charge on any atom is -0.382 e. The summed E-state index contributed by atoms with van der Waals surface area (Å²) in [6.45, 7) is 0.345. The van der Waals surface area contributed by atoms with Crippen LogP contribution in [-0.4, -0.2) is 65.8 Å². The topological polar surface area (TPSA) is 127 Å². The van der Waals surface area contributed by atoms with Gasteiger partial charge >= 0.3 is 0 Å². The lowest BCUT2D eigenvalue weighted by Crippen LogP contribution is -2.36. The van der Waals surface area contributed by atoms with Gasteiger partial charge in [0.15, 0.2) is 17.4 Å². The SMILES string of the molecule is COC[C@H]1O[C@@H](n2cnc3c(=O)[nH]c(N)nc32)[C@H](OC)[C@@H]1OC. The van der Waals surface area contributed by atoms with E-state index in [1.807, 2.05) is 0 Å². The first-order valence-electron chi connectivity index (χ1n) is 7.03. The number of aromatic nitrogens is 4. The van der Waals surface area contributed by atoms with Crippen molar-refractivity contribution in [3.63, 3.8) is 0 Å². The summed E-state index contributed by atoms with van der Waals surface area (Å²) in [6, 6.07) is 0. The number of imidazole rings is 1. The third-order valence-electron chi connectivity index (χ3n) is 3.89. The highest BCUT2D eigenvalue weighted by Gasteiger charge is 2.46. The van der Waals surface area contributed by atoms with Gasteiger partial charge in [-0.1, -0.05) is 0 Å². The number of nitrogen functional groups attached to an aromatic ring is 1. The van der Waals surface area contributed by atoms with E-state index in [1.54, 1.807) is 25.9 Å². The quantitative estimate of drug-likeness (QED) is 0.737. The maximum atomic E-state index is 11.9. The van der Waals surface area contributed by atoms with Crippen molar-refractivity contribution in [1.82, 2.24) is 19.5 Å². The number of ether oxygens (including phenoxy) is 4. The fraction of sp³-hybridized carbons (Fsp3) is 0.615. The highest BCUT2D eigenvalue weighted by atomic mass is 16.6. The van der Waals surface area contributed by atoms with Crippen molar-refractivity contribution in [2.45, 2.75) is 24.5 Å². The molecule has 0 aliphatic carbocycles. The number of fused-ring (bicyclic) bond motifs is 1. The van der Waals surface area contributed by atoms with Crippen LogP contribution in [0.3, 0.4) is 0 Å². The normalized spacial score (nSPS) is 27.8. The van der Waals surface area contributed by atoms with Crippen molar-refractivity contribution in [3.05, 3.63) is 16.7 Å². The molecule has 0 radical (unpaired) electrons. The molecule has 0 bridgehead atoms. The fourth-order valence-electron chi connectivity index (χ4n) is 2.90. The summed E-state index contributed by atoms with van der Waals surface area (Å²) in [4.78, 5) is 22.5. The van der Waals surface area contributed by atoms with E-state index in [1.165, 1.54) is 6.33 Å². The zero-order chi connectivity index (χ0) is 16.6. The molecule has 3 heterocycles.